The molecule has 1 amide bonds. The Labute approximate surface area is 123 Å². The van der Waals surface area contributed by atoms with Crippen LogP contribution in [-0.2, 0) is 9.47 Å². The van der Waals surface area contributed by atoms with Crippen molar-refractivity contribution in [3.63, 3.8) is 0 Å². The van der Waals surface area contributed by atoms with Crippen LogP contribution in [0, 0.1) is 5.92 Å². The van der Waals surface area contributed by atoms with Gasteiger partial charge in [-0.1, -0.05) is 13.8 Å². The van der Waals surface area contributed by atoms with Crippen LogP contribution in [-0.4, -0.2) is 43.5 Å². The van der Waals surface area contributed by atoms with E-state index in [1.54, 1.807) is 0 Å². The Kier molecular flexibility index (Phi) is 8.81. The zero-order chi connectivity index (χ0) is 15.8. The molecule has 20 heavy (non-hydrogen) atoms. The van der Waals surface area contributed by atoms with E-state index in [0.717, 1.165) is 0 Å². The molecule has 0 bridgehead atoms. The van der Waals surface area contributed by atoms with Gasteiger partial charge in [0.25, 0.3) is 0 Å². The molecule has 0 fully saturated rings. The second-order valence-corrected chi connectivity index (χ2v) is 6.46. The first-order valence-electron chi connectivity index (χ1n) is 7.46. The van der Waals surface area contributed by atoms with Gasteiger partial charge < -0.3 is 20.1 Å². The van der Waals surface area contributed by atoms with Crippen molar-refractivity contribution in [1.29, 1.82) is 0 Å². The monoisotopic (exact) mass is 288 g/mol. The van der Waals surface area contributed by atoms with Crippen molar-refractivity contribution in [1.82, 2.24) is 10.6 Å². The molecule has 0 spiro atoms. The number of carbonyl (C=O) groups excluding carboxylic acids is 1. The fourth-order valence-electron chi connectivity index (χ4n) is 1.70. The third-order valence-electron chi connectivity index (χ3n) is 2.74. The van der Waals surface area contributed by atoms with E-state index in [2.05, 4.69) is 31.4 Å². The molecule has 0 aliphatic rings. The number of alkyl carbamates (subject to hydrolysis) is 1. The van der Waals surface area contributed by atoms with Gasteiger partial charge in [0, 0.05) is 25.2 Å². The topological polar surface area (TPSA) is 59.6 Å². The lowest BCUT2D eigenvalue weighted by molar-refractivity contribution is 0.0516. The van der Waals surface area contributed by atoms with Gasteiger partial charge in [-0.05, 0) is 40.5 Å². The number of rotatable bonds is 8. The van der Waals surface area contributed by atoms with Crippen LogP contribution in [0.4, 0.5) is 4.79 Å². The van der Waals surface area contributed by atoms with Crippen molar-refractivity contribution < 1.29 is 14.3 Å². The van der Waals surface area contributed by atoms with E-state index >= 15 is 0 Å². The maximum absolute atomic E-state index is 11.7. The standard InChI is InChI=1S/C15H32N2O3/c1-8-19-10-12(4)17-13(11(2)3)9-16-14(18)20-15(5,6)7/h11-13,17H,8-10H2,1-7H3,(H,16,18). The Hall–Kier alpha value is -0.810. The first-order chi connectivity index (χ1) is 9.15. The molecule has 0 aliphatic heterocycles. The van der Waals surface area contributed by atoms with Gasteiger partial charge >= 0.3 is 6.09 Å². The van der Waals surface area contributed by atoms with Crippen LogP contribution in [0.5, 0.6) is 0 Å². The molecule has 0 rings (SSSR count). The molecule has 2 atom stereocenters. The maximum Gasteiger partial charge on any atom is 0.407 e. The van der Waals surface area contributed by atoms with Gasteiger partial charge in [-0.2, -0.15) is 0 Å². The third-order valence-corrected chi connectivity index (χ3v) is 2.74. The molecule has 2 N–H and O–H groups in total. The first kappa shape index (κ1) is 19.2. The summed E-state index contributed by atoms with van der Waals surface area (Å²) in [6.45, 7) is 15.8. The Morgan fingerprint density at radius 2 is 1.80 bits per heavy atom. The number of amides is 1. The molecule has 0 aromatic carbocycles. The molecular weight excluding hydrogens is 256 g/mol. The number of hydrogen-bond donors (Lipinski definition) is 2. The molecular formula is C15H32N2O3. The highest BCUT2D eigenvalue weighted by Crippen LogP contribution is 2.07. The molecule has 2 unspecified atom stereocenters. The smallest absolute Gasteiger partial charge is 0.407 e. The SMILES string of the molecule is CCOCC(C)NC(CNC(=O)OC(C)(C)C)C(C)C. The lowest BCUT2D eigenvalue weighted by Gasteiger charge is -2.27. The van der Waals surface area contributed by atoms with Crippen LogP contribution >= 0.6 is 0 Å². The summed E-state index contributed by atoms with van der Waals surface area (Å²) in [5.74, 6) is 0.411. The van der Waals surface area contributed by atoms with Crippen LogP contribution in [0.1, 0.15) is 48.5 Å². The normalized spacial score (nSPS) is 15.0. The maximum atomic E-state index is 11.7. The van der Waals surface area contributed by atoms with Crippen LogP contribution in [0.2, 0.25) is 0 Å². The predicted molar refractivity (Wildman–Crippen MR) is 82.0 cm³/mol. The second kappa shape index (κ2) is 9.19. The van der Waals surface area contributed by atoms with Gasteiger partial charge in [0.15, 0.2) is 0 Å². The van der Waals surface area contributed by atoms with Gasteiger partial charge in [-0.15, -0.1) is 0 Å². The van der Waals surface area contributed by atoms with E-state index in [9.17, 15) is 4.79 Å². The summed E-state index contributed by atoms with van der Waals surface area (Å²) in [7, 11) is 0. The van der Waals surface area contributed by atoms with Crippen LogP contribution in [0.3, 0.4) is 0 Å². The van der Waals surface area contributed by atoms with Gasteiger partial charge in [-0.3, -0.25) is 0 Å². The van der Waals surface area contributed by atoms with E-state index in [1.165, 1.54) is 0 Å². The molecule has 0 saturated heterocycles. The largest absolute Gasteiger partial charge is 0.444 e. The molecule has 0 aromatic heterocycles. The minimum atomic E-state index is -0.465. The lowest BCUT2D eigenvalue weighted by Crippen LogP contribution is -2.49. The second-order valence-electron chi connectivity index (χ2n) is 6.46. The summed E-state index contributed by atoms with van der Waals surface area (Å²) < 4.78 is 10.6. The van der Waals surface area contributed by atoms with Crippen LogP contribution in [0.25, 0.3) is 0 Å². The summed E-state index contributed by atoms with van der Waals surface area (Å²) >= 11 is 0. The van der Waals surface area contributed by atoms with Gasteiger partial charge in [0.05, 0.1) is 6.61 Å². The Morgan fingerprint density at radius 3 is 2.25 bits per heavy atom. The highest BCUT2D eigenvalue weighted by molar-refractivity contribution is 5.67. The summed E-state index contributed by atoms with van der Waals surface area (Å²) in [5.41, 5.74) is -0.465. The quantitative estimate of drug-likeness (QED) is 0.720. The number of nitrogens with one attached hydrogen (secondary N) is 2. The molecule has 0 radical (unpaired) electrons. The fraction of sp³-hybridized carbons (Fsp3) is 0.933. The first-order valence-corrected chi connectivity index (χ1v) is 7.46. The van der Waals surface area contributed by atoms with Crippen LogP contribution < -0.4 is 10.6 Å². The van der Waals surface area contributed by atoms with E-state index in [0.29, 0.717) is 25.7 Å². The summed E-state index contributed by atoms with van der Waals surface area (Å²) in [5, 5.41) is 6.29. The third kappa shape index (κ3) is 10.0. The number of ether oxygens (including phenoxy) is 2. The van der Waals surface area contributed by atoms with E-state index in [4.69, 9.17) is 9.47 Å². The zero-order valence-electron chi connectivity index (χ0n) is 14.1. The average molecular weight is 288 g/mol. The average Bonchev–Trinajstić information content (AvgIpc) is 2.29. The van der Waals surface area contributed by atoms with Crippen molar-refractivity contribution in [2.24, 2.45) is 5.92 Å². The molecule has 0 heterocycles. The fourth-order valence-corrected chi connectivity index (χ4v) is 1.70. The van der Waals surface area contributed by atoms with E-state index in [1.807, 2.05) is 27.7 Å². The highest BCUT2D eigenvalue weighted by atomic mass is 16.6. The number of hydrogen-bond acceptors (Lipinski definition) is 4. The molecule has 0 saturated carbocycles. The van der Waals surface area contributed by atoms with Crippen molar-refractivity contribution in [2.45, 2.75) is 66.2 Å². The van der Waals surface area contributed by atoms with Gasteiger partial charge in [0.1, 0.15) is 5.60 Å². The zero-order valence-corrected chi connectivity index (χ0v) is 14.1. The minimum Gasteiger partial charge on any atom is -0.444 e. The Balaban J connectivity index is 4.18. The Bertz CT molecular complexity index is 275. The minimum absolute atomic E-state index is 0.193. The molecule has 5 heteroatoms. The molecule has 0 aliphatic carbocycles. The van der Waals surface area contributed by atoms with Crippen molar-refractivity contribution in [3.8, 4) is 0 Å². The summed E-state index contributed by atoms with van der Waals surface area (Å²) in [6.07, 6.45) is -0.373. The summed E-state index contributed by atoms with van der Waals surface area (Å²) in [6, 6.07) is 0.445. The van der Waals surface area contributed by atoms with Gasteiger partial charge in [-0.25, -0.2) is 4.79 Å². The van der Waals surface area contributed by atoms with Gasteiger partial charge in [0.2, 0.25) is 0 Å². The van der Waals surface area contributed by atoms with Crippen molar-refractivity contribution >= 4 is 6.09 Å². The Morgan fingerprint density at radius 1 is 1.20 bits per heavy atom. The number of carbonyl (C=O) groups is 1. The molecule has 0 aromatic rings. The lowest BCUT2D eigenvalue weighted by atomic mass is 10.0. The predicted octanol–water partition coefficient (Wildman–Crippen LogP) is 2.55. The highest BCUT2D eigenvalue weighted by Gasteiger charge is 2.20. The molecule has 5 nitrogen and oxygen atoms in total. The molecule has 120 valence electrons. The van der Waals surface area contributed by atoms with Crippen molar-refractivity contribution in [2.75, 3.05) is 19.8 Å². The van der Waals surface area contributed by atoms with Crippen molar-refractivity contribution in [3.05, 3.63) is 0 Å². The summed E-state index contributed by atoms with van der Waals surface area (Å²) in [4.78, 5) is 11.7. The van der Waals surface area contributed by atoms with E-state index < -0.39 is 5.60 Å². The van der Waals surface area contributed by atoms with Crippen LogP contribution in [0.15, 0.2) is 0 Å². The van der Waals surface area contributed by atoms with E-state index in [-0.39, 0.29) is 18.2 Å².